The number of nitrogens with zero attached hydrogens (tertiary/aromatic N) is 2. The van der Waals surface area contributed by atoms with Gasteiger partial charge in [-0.25, -0.2) is 0 Å². The lowest BCUT2D eigenvalue weighted by Gasteiger charge is -2.29. The van der Waals surface area contributed by atoms with Crippen molar-refractivity contribution in [2.75, 3.05) is 67.6 Å². The minimum absolute atomic E-state index is 0. The van der Waals surface area contributed by atoms with Gasteiger partial charge in [-0.1, -0.05) is 149 Å². The van der Waals surface area contributed by atoms with Crippen molar-refractivity contribution in [3.8, 4) is 0 Å². The van der Waals surface area contributed by atoms with Crippen LogP contribution < -0.4 is 34.0 Å². The Morgan fingerprint density at radius 1 is 0.353 bits per heavy atom. The Morgan fingerprint density at radius 3 is 0.863 bits per heavy atom. The normalized spacial score (nSPS) is 11.6. The zero-order valence-corrected chi connectivity index (χ0v) is 38.2. The molecule has 0 spiro atoms. The molecule has 0 N–H and O–H groups in total. The molecule has 0 aromatic heterocycles. The quantitative estimate of drug-likeness (QED) is 0.0463. The molecule has 0 aliphatic rings. The Morgan fingerprint density at radius 2 is 0.588 bits per heavy atom. The number of esters is 2. The number of carbonyl (C=O) groups excluding carboxylic acids is 2. The van der Waals surface area contributed by atoms with Crippen LogP contribution >= 0.6 is 0 Å². The summed E-state index contributed by atoms with van der Waals surface area (Å²) >= 11 is 0. The fourth-order valence-electron chi connectivity index (χ4n) is 6.66. The van der Waals surface area contributed by atoms with Gasteiger partial charge in [-0.15, -0.1) is 0 Å². The van der Waals surface area contributed by atoms with Crippen molar-refractivity contribution < 1.29 is 62.0 Å². The average Bonchev–Trinajstić information content (AvgIpc) is 3.05. The number of likely N-dealkylation sites (N-methyl/N-ethyl adjacent to an activating group) is 2. The van der Waals surface area contributed by atoms with Crippen molar-refractivity contribution in [2.24, 2.45) is 0 Å². The molecule has 0 aliphatic heterocycles. The summed E-state index contributed by atoms with van der Waals surface area (Å²) < 4.78 is 12.9. The molecule has 308 valence electrons. The van der Waals surface area contributed by atoms with Gasteiger partial charge in [0.2, 0.25) is 0 Å². The number of unbranched alkanes of at least 4 members (excludes halogenated alkanes) is 24. The number of halogens is 2. The fraction of sp³-hybridized carbons (Fsp3) is 0.953. The highest BCUT2D eigenvalue weighted by atomic mass is 79.9. The van der Waals surface area contributed by atoms with Gasteiger partial charge in [-0.3, -0.25) is 9.59 Å². The summed E-state index contributed by atoms with van der Waals surface area (Å²) in [6, 6.07) is 0. The van der Waals surface area contributed by atoms with Crippen molar-refractivity contribution in [2.45, 2.75) is 200 Å². The number of hydrogen-bond donors (Lipinski definition) is 0. The van der Waals surface area contributed by atoms with Crippen molar-refractivity contribution in [1.29, 1.82) is 0 Å². The summed E-state index contributed by atoms with van der Waals surface area (Å²) in [5, 5.41) is 0. The highest BCUT2D eigenvalue weighted by molar-refractivity contribution is 5.69. The first-order chi connectivity index (χ1) is 23.6. The smallest absolute Gasteiger partial charge is 0.305 e. The lowest BCUT2D eigenvalue weighted by molar-refractivity contribution is -0.890. The predicted molar refractivity (Wildman–Crippen MR) is 211 cm³/mol. The van der Waals surface area contributed by atoms with E-state index in [0.29, 0.717) is 26.1 Å². The molecule has 51 heavy (non-hydrogen) atoms. The van der Waals surface area contributed by atoms with Crippen LogP contribution in [0.5, 0.6) is 0 Å². The zero-order valence-electron chi connectivity index (χ0n) is 35.0. The van der Waals surface area contributed by atoms with Crippen LogP contribution in [0.4, 0.5) is 0 Å². The maximum Gasteiger partial charge on any atom is 0.305 e. The Balaban J connectivity index is -0.0000115. The summed E-state index contributed by atoms with van der Waals surface area (Å²) in [6.45, 7) is 9.55. The molecule has 0 saturated heterocycles. The number of quaternary nitrogens is 2. The van der Waals surface area contributed by atoms with Gasteiger partial charge in [0.25, 0.3) is 0 Å². The average molecular weight is 857 g/mol. The summed E-state index contributed by atoms with van der Waals surface area (Å²) in [6.07, 6.45) is 36.2. The summed E-state index contributed by atoms with van der Waals surface area (Å²) in [5.74, 6) is -0.220. The Kier molecular flexibility index (Phi) is 42.7. The second-order valence-electron chi connectivity index (χ2n) is 16.5. The summed E-state index contributed by atoms with van der Waals surface area (Å²) in [7, 11) is 8.97. The third-order valence-electron chi connectivity index (χ3n) is 10.4. The zero-order chi connectivity index (χ0) is 36.3. The standard InChI is InChI=1S/C43H88N2O4.2BrH/c1-7-9-11-13-15-17-19-21-23-25-27-32-36-44(3,4)38-40-48-42(46)34-30-29-31-35-43(47)49-41-39-45(5,6)37-33-28-26-24-22-20-18-16-14-12-10-8-2;;/h7-41H2,1-6H3;2*1H/q+2;;/p-2. The lowest BCUT2D eigenvalue weighted by atomic mass is 10.1. The summed E-state index contributed by atoms with van der Waals surface area (Å²) in [5.41, 5.74) is 0. The maximum atomic E-state index is 12.2. The van der Waals surface area contributed by atoms with Crippen molar-refractivity contribution >= 4 is 11.9 Å². The summed E-state index contributed by atoms with van der Waals surface area (Å²) in [4.78, 5) is 24.4. The van der Waals surface area contributed by atoms with Gasteiger partial charge < -0.3 is 52.4 Å². The van der Waals surface area contributed by atoms with Crippen molar-refractivity contribution in [3.05, 3.63) is 0 Å². The van der Waals surface area contributed by atoms with Crippen LogP contribution in [-0.2, 0) is 19.1 Å². The molecule has 0 fully saturated rings. The monoisotopic (exact) mass is 855 g/mol. The molecule has 0 radical (unpaired) electrons. The van der Waals surface area contributed by atoms with Crippen LogP contribution in [-0.4, -0.2) is 88.5 Å². The van der Waals surface area contributed by atoms with E-state index in [-0.39, 0.29) is 45.9 Å². The fourth-order valence-corrected chi connectivity index (χ4v) is 6.66. The van der Waals surface area contributed by atoms with E-state index in [1.165, 1.54) is 154 Å². The molecule has 8 heteroatoms. The molecular weight excluding hydrogens is 768 g/mol. The molecule has 0 heterocycles. The van der Waals surface area contributed by atoms with Crippen LogP contribution in [0.15, 0.2) is 0 Å². The number of ether oxygens (including phenoxy) is 2. The van der Waals surface area contributed by atoms with Gasteiger partial charge in [0, 0.05) is 12.8 Å². The minimum atomic E-state index is -0.110. The molecule has 0 aromatic carbocycles. The molecule has 0 unspecified atom stereocenters. The molecule has 0 amide bonds. The maximum absolute atomic E-state index is 12.2. The van der Waals surface area contributed by atoms with Gasteiger partial charge in [0.05, 0.1) is 41.3 Å². The third-order valence-corrected chi connectivity index (χ3v) is 10.4. The van der Waals surface area contributed by atoms with Gasteiger partial charge >= 0.3 is 11.9 Å². The molecule has 0 aromatic rings. The predicted octanol–water partition coefficient (Wildman–Crippen LogP) is 5.59. The van der Waals surface area contributed by atoms with E-state index in [2.05, 4.69) is 42.0 Å². The molecule has 0 rings (SSSR count). The van der Waals surface area contributed by atoms with Crippen molar-refractivity contribution in [3.63, 3.8) is 0 Å². The molecule has 6 nitrogen and oxygen atoms in total. The molecule has 0 aliphatic carbocycles. The van der Waals surface area contributed by atoms with Crippen LogP contribution in [0.25, 0.3) is 0 Å². The number of hydrogen-bond acceptors (Lipinski definition) is 4. The SMILES string of the molecule is CCCCCCCCCCCCCC[N+](C)(C)CCOC(=O)CCCCCC(=O)OCC[N+](C)(C)CCCCCCCCCCCCCC.[Br-].[Br-]. The van der Waals surface area contributed by atoms with E-state index in [4.69, 9.17) is 9.47 Å². The number of carbonyl (C=O) groups is 2. The Bertz CT molecular complexity index is 692. The topological polar surface area (TPSA) is 52.6 Å². The highest BCUT2D eigenvalue weighted by Crippen LogP contribution is 2.15. The Labute approximate surface area is 340 Å². The van der Waals surface area contributed by atoms with Crippen LogP contribution in [0, 0.1) is 0 Å². The van der Waals surface area contributed by atoms with Gasteiger partial charge in [-0.05, 0) is 38.5 Å². The third kappa shape index (κ3) is 42.4. The van der Waals surface area contributed by atoms with Gasteiger partial charge in [0.1, 0.15) is 26.3 Å². The van der Waals surface area contributed by atoms with E-state index in [1.807, 2.05) is 0 Å². The second kappa shape index (κ2) is 39.5. The molecular formula is C43H88Br2N2O4. The van der Waals surface area contributed by atoms with E-state index in [1.54, 1.807) is 0 Å². The van der Waals surface area contributed by atoms with Crippen LogP contribution in [0.2, 0.25) is 0 Å². The first-order valence-electron chi connectivity index (χ1n) is 21.6. The number of rotatable bonds is 38. The van der Waals surface area contributed by atoms with Crippen LogP contribution in [0.1, 0.15) is 200 Å². The molecule has 0 saturated carbocycles. The first-order valence-corrected chi connectivity index (χ1v) is 21.6. The van der Waals surface area contributed by atoms with Crippen molar-refractivity contribution in [1.82, 2.24) is 0 Å². The second-order valence-corrected chi connectivity index (χ2v) is 16.5. The van der Waals surface area contributed by atoms with E-state index >= 15 is 0 Å². The lowest BCUT2D eigenvalue weighted by Crippen LogP contribution is -3.00. The largest absolute Gasteiger partial charge is 1.00 e. The van der Waals surface area contributed by atoms with E-state index in [0.717, 1.165) is 54.4 Å². The highest BCUT2D eigenvalue weighted by Gasteiger charge is 2.17. The molecule has 0 atom stereocenters. The molecule has 0 bridgehead atoms. The van der Waals surface area contributed by atoms with Gasteiger partial charge in [-0.2, -0.15) is 0 Å². The van der Waals surface area contributed by atoms with Crippen LogP contribution in [0.3, 0.4) is 0 Å². The van der Waals surface area contributed by atoms with E-state index in [9.17, 15) is 9.59 Å². The minimum Gasteiger partial charge on any atom is -1.00 e. The first kappa shape index (κ1) is 55.2. The van der Waals surface area contributed by atoms with E-state index < -0.39 is 0 Å². The van der Waals surface area contributed by atoms with Gasteiger partial charge in [0.15, 0.2) is 0 Å². The Hall–Kier alpha value is -0.180.